The van der Waals surface area contributed by atoms with E-state index in [2.05, 4.69) is 26.1 Å². The average molecular weight is 214 g/mol. The fourth-order valence-corrected chi connectivity index (χ4v) is 1.81. The van der Waals surface area contributed by atoms with Crippen molar-refractivity contribution in [2.75, 3.05) is 20.2 Å². The van der Waals surface area contributed by atoms with Gasteiger partial charge in [0.1, 0.15) is 0 Å². The third-order valence-corrected chi connectivity index (χ3v) is 2.79. The number of amides is 2. The Hall–Kier alpha value is -0.770. The maximum Gasteiger partial charge on any atom is 0.317 e. The Morgan fingerprint density at radius 3 is 2.60 bits per heavy atom. The fraction of sp³-hybridized carbons (Fsp3) is 0.909. The fourth-order valence-electron chi connectivity index (χ4n) is 1.81. The molecule has 88 valence electrons. The summed E-state index contributed by atoms with van der Waals surface area (Å²) in [6.07, 6.45) is 2.30. The smallest absolute Gasteiger partial charge is 0.317 e. The normalized spacial score (nSPS) is 17.5. The molecular formula is C11H22N2O2. The second-order valence-electron chi connectivity index (χ2n) is 4.83. The second-order valence-corrected chi connectivity index (χ2v) is 4.83. The largest absolute Gasteiger partial charge is 0.378 e. The van der Waals surface area contributed by atoms with Gasteiger partial charge in [0.05, 0.1) is 19.2 Å². The maximum atomic E-state index is 11.7. The Balaban J connectivity index is 2.30. The van der Waals surface area contributed by atoms with E-state index in [9.17, 15) is 4.79 Å². The first-order valence-corrected chi connectivity index (χ1v) is 5.58. The van der Waals surface area contributed by atoms with Crippen molar-refractivity contribution < 1.29 is 9.53 Å². The zero-order valence-corrected chi connectivity index (χ0v) is 10.2. The standard InChI is InChI=1S/C11H22N2O2/c1-5-6-11(2,3)12-10(14)13-7-9(8-13)15-4/h9H,5-8H2,1-4H3,(H,12,14). The van der Waals surface area contributed by atoms with Crippen molar-refractivity contribution in [2.24, 2.45) is 0 Å². The lowest BCUT2D eigenvalue weighted by Crippen LogP contribution is -2.60. The van der Waals surface area contributed by atoms with Gasteiger partial charge in [-0.2, -0.15) is 0 Å². The number of rotatable bonds is 4. The minimum Gasteiger partial charge on any atom is -0.378 e. The van der Waals surface area contributed by atoms with Gasteiger partial charge in [0.15, 0.2) is 0 Å². The molecule has 0 atom stereocenters. The van der Waals surface area contributed by atoms with Crippen molar-refractivity contribution in [3.63, 3.8) is 0 Å². The molecule has 1 N–H and O–H groups in total. The van der Waals surface area contributed by atoms with Crippen LogP contribution in [0.2, 0.25) is 0 Å². The number of nitrogens with zero attached hydrogens (tertiary/aromatic N) is 1. The lowest BCUT2D eigenvalue weighted by Gasteiger charge is -2.40. The minimum absolute atomic E-state index is 0.0294. The van der Waals surface area contributed by atoms with Crippen molar-refractivity contribution in [3.05, 3.63) is 0 Å². The van der Waals surface area contributed by atoms with E-state index in [0.717, 1.165) is 12.8 Å². The SMILES string of the molecule is CCCC(C)(C)NC(=O)N1CC(OC)C1. The van der Waals surface area contributed by atoms with E-state index in [4.69, 9.17) is 4.74 Å². The summed E-state index contributed by atoms with van der Waals surface area (Å²) >= 11 is 0. The zero-order chi connectivity index (χ0) is 11.5. The first-order chi connectivity index (χ1) is 6.98. The van der Waals surface area contributed by atoms with E-state index in [-0.39, 0.29) is 17.7 Å². The highest BCUT2D eigenvalue weighted by Gasteiger charge is 2.32. The predicted molar refractivity (Wildman–Crippen MR) is 59.9 cm³/mol. The van der Waals surface area contributed by atoms with Crippen LogP contribution in [0.5, 0.6) is 0 Å². The summed E-state index contributed by atoms with van der Waals surface area (Å²) in [5, 5.41) is 3.04. The van der Waals surface area contributed by atoms with Crippen LogP contribution < -0.4 is 5.32 Å². The molecule has 2 amide bonds. The molecule has 1 heterocycles. The Morgan fingerprint density at radius 1 is 1.53 bits per heavy atom. The molecule has 0 unspecified atom stereocenters. The molecule has 1 aliphatic rings. The number of methoxy groups -OCH3 is 1. The van der Waals surface area contributed by atoms with E-state index >= 15 is 0 Å². The van der Waals surface area contributed by atoms with Crippen LogP contribution in [0.15, 0.2) is 0 Å². The second kappa shape index (κ2) is 4.84. The summed E-state index contributed by atoms with van der Waals surface area (Å²) < 4.78 is 5.12. The molecule has 1 fully saturated rings. The number of ether oxygens (including phenoxy) is 1. The number of nitrogens with one attached hydrogen (secondary N) is 1. The number of hydrogen-bond acceptors (Lipinski definition) is 2. The molecule has 0 spiro atoms. The number of carbonyl (C=O) groups excluding carboxylic acids is 1. The molecule has 0 radical (unpaired) electrons. The molecule has 4 heteroatoms. The number of carbonyl (C=O) groups is 1. The van der Waals surface area contributed by atoms with Crippen molar-refractivity contribution in [1.82, 2.24) is 10.2 Å². The summed E-state index contributed by atoms with van der Waals surface area (Å²) in [5.41, 5.74) is -0.107. The Kier molecular flexibility index (Phi) is 3.97. The molecule has 1 rings (SSSR count). The molecule has 0 saturated carbocycles. The molecule has 0 aromatic rings. The van der Waals surface area contributed by atoms with Gasteiger partial charge in [-0.25, -0.2) is 4.79 Å². The van der Waals surface area contributed by atoms with Gasteiger partial charge in [0, 0.05) is 12.6 Å². The van der Waals surface area contributed by atoms with Crippen molar-refractivity contribution in [3.8, 4) is 0 Å². The first-order valence-electron chi connectivity index (χ1n) is 5.58. The van der Waals surface area contributed by atoms with Crippen LogP contribution in [0.1, 0.15) is 33.6 Å². The summed E-state index contributed by atoms with van der Waals surface area (Å²) in [4.78, 5) is 13.5. The third-order valence-electron chi connectivity index (χ3n) is 2.79. The van der Waals surface area contributed by atoms with Gasteiger partial charge in [0.2, 0.25) is 0 Å². The topological polar surface area (TPSA) is 41.6 Å². The highest BCUT2D eigenvalue weighted by Crippen LogP contribution is 2.15. The molecule has 0 aromatic carbocycles. The van der Waals surface area contributed by atoms with Crippen molar-refractivity contribution in [1.29, 1.82) is 0 Å². The molecule has 0 bridgehead atoms. The molecule has 1 saturated heterocycles. The third kappa shape index (κ3) is 3.38. The van der Waals surface area contributed by atoms with Gasteiger partial charge < -0.3 is 15.0 Å². The average Bonchev–Trinajstić information content (AvgIpc) is 2.00. The van der Waals surface area contributed by atoms with Crippen molar-refractivity contribution >= 4 is 6.03 Å². The molecule has 0 aliphatic carbocycles. The van der Waals surface area contributed by atoms with E-state index in [1.165, 1.54) is 0 Å². The maximum absolute atomic E-state index is 11.7. The Labute approximate surface area is 92.0 Å². The van der Waals surface area contributed by atoms with E-state index < -0.39 is 0 Å². The van der Waals surface area contributed by atoms with Gasteiger partial charge in [-0.3, -0.25) is 0 Å². The minimum atomic E-state index is -0.107. The van der Waals surface area contributed by atoms with E-state index in [0.29, 0.717) is 13.1 Å². The highest BCUT2D eigenvalue weighted by atomic mass is 16.5. The number of likely N-dealkylation sites (tertiary alicyclic amines) is 1. The van der Waals surface area contributed by atoms with Crippen LogP contribution in [0.25, 0.3) is 0 Å². The van der Waals surface area contributed by atoms with E-state index in [1.54, 1.807) is 12.0 Å². The summed E-state index contributed by atoms with van der Waals surface area (Å²) in [6, 6.07) is 0.0294. The molecule has 15 heavy (non-hydrogen) atoms. The monoisotopic (exact) mass is 214 g/mol. The quantitative estimate of drug-likeness (QED) is 0.772. The lowest BCUT2D eigenvalue weighted by molar-refractivity contribution is -0.00908. The molecule has 0 aromatic heterocycles. The van der Waals surface area contributed by atoms with Crippen LogP contribution in [-0.2, 0) is 4.74 Å². The van der Waals surface area contributed by atoms with Gasteiger partial charge >= 0.3 is 6.03 Å². The van der Waals surface area contributed by atoms with E-state index in [1.807, 2.05) is 0 Å². The van der Waals surface area contributed by atoms with Crippen LogP contribution >= 0.6 is 0 Å². The Morgan fingerprint density at radius 2 is 2.13 bits per heavy atom. The van der Waals surface area contributed by atoms with Crippen LogP contribution in [0.3, 0.4) is 0 Å². The highest BCUT2D eigenvalue weighted by molar-refractivity contribution is 5.75. The zero-order valence-electron chi connectivity index (χ0n) is 10.2. The number of hydrogen-bond donors (Lipinski definition) is 1. The van der Waals surface area contributed by atoms with Crippen LogP contribution in [0, 0.1) is 0 Å². The van der Waals surface area contributed by atoms with Crippen LogP contribution in [-0.4, -0.2) is 42.8 Å². The first kappa shape index (κ1) is 12.3. The molecular weight excluding hydrogens is 192 g/mol. The van der Waals surface area contributed by atoms with Gasteiger partial charge in [-0.1, -0.05) is 13.3 Å². The van der Waals surface area contributed by atoms with Crippen LogP contribution in [0.4, 0.5) is 4.79 Å². The van der Waals surface area contributed by atoms with Gasteiger partial charge in [-0.05, 0) is 20.3 Å². The number of urea groups is 1. The molecule has 1 aliphatic heterocycles. The van der Waals surface area contributed by atoms with Crippen molar-refractivity contribution in [2.45, 2.75) is 45.3 Å². The summed E-state index contributed by atoms with van der Waals surface area (Å²) in [5.74, 6) is 0. The van der Waals surface area contributed by atoms with Gasteiger partial charge in [0.25, 0.3) is 0 Å². The summed E-state index contributed by atoms with van der Waals surface area (Å²) in [7, 11) is 1.68. The summed E-state index contributed by atoms with van der Waals surface area (Å²) in [6.45, 7) is 7.66. The van der Waals surface area contributed by atoms with Gasteiger partial charge in [-0.15, -0.1) is 0 Å². The Bertz CT molecular complexity index is 223. The predicted octanol–water partition coefficient (Wildman–Crippen LogP) is 1.61. The lowest BCUT2D eigenvalue weighted by atomic mass is 9.99. The molecule has 4 nitrogen and oxygen atoms in total.